The minimum Gasteiger partial charge on any atom is -0.329 e. The molecule has 0 spiro atoms. The Kier molecular flexibility index (Phi) is 2.40. The predicted octanol–water partition coefficient (Wildman–Crippen LogP) is 3.14. The van der Waals surface area contributed by atoms with E-state index in [9.17, 15) is 8.42 Å². The fraction of sp³-hybridized carbons (Fsp3) is 0.190. The first kappa shape index (κ1) is 9.75. The van der Waals surface area contributed by atoms with Crippen LogP contribution in [0.3, 0.4) is 0 Å². The van der Waals surface area contributed by atoms with E-state index < -0.39 is 89.1 Å². The molecule has 2 aromatic carbocycles. The number of rotatable bonds is 5. The van der Waals surface area contributed by atoms with E-state index in [4.69, 9.17) is 24.3 Å². The molecule has 0 atom stereocenters. The molecule has 3 N–H and O–H groups in total. The van der Waals surface area contributed by atoms with Crippen molar-refractivity contribution in [3.63, 3.8) is 0 Å². The quantitative estimate of drug-likeness (QED) is 0.478. The number of hydrogen-bond acceptors (Lipinski definition) is 7. The molecular formula is C21H23N7O2S. The van der Waals surface area contributed by atoms with Crippen molar-refractivity contribution in [3.8, 4) is 0 Å². The average Bonchev–Trinajstić information content (AvgIpc) is 3.20. The SMILES string of the molecule is [2H]c1nc(Nc2c([2H])c([2H])c(C([2H])([2H])[2H])c(S(N)(=O)=O)c2[2H])nc(N(c2ccc3c(C)n(C([2H])([2H])[2H])nc3c2)C([2H])([2H])[2H])c1[2H]. The summed E-state index contributed by atoms with van der Waals surface area (Å²) in [6.45, 7) is -7.46. The van der Waals surface area contributed by atoms with Gasteiger partial charge in [-0.25, -0.2) is 18.5 Å². The van der Waals surface area contributed by atoms with Crippen LogP contribution in [0.4, 0.5) is 23.1 Å². The second kappa shape index (κ2) is 7.64. The number of nitrogens with one attached hydrogen (secondary N) is 1. The number of anilines is 4. The highest BCUT2D eigenvalue weighted by molar-refractivity contribution is 7.89. The van der Waals surface area contributed by atoms with Gasteiger partial charge in [-0.1, -0.05) is 6.04 Å². The second-order valence-corrected chi connectivity index (χ2v) is 7.76. The van der Waals surface area contributed by atoms with Gasteiger partial charge in [0.25, 0.3) is 0 Å². The Balaban J connectivity index is 1.93. The third-order valence-electron chi connectivity index (χ3n) is 4.21. The largest absolute Gasteiger partial charge is 0.329 e. The summed E-state index contributed by atoms with van der Waals surface area (Å²) in [5.41, 5.74) is -1.74. The highest BCUT2D eigenvalue weighted by atomic mass is 32.2. The summed E-state index contributed by atoms with van der Waals surface area (Å²) in [5, 5.41) is 11.9. The summed E-state index contributed by atoms with van der Waals surface area (Å²) in [6, 6.07) is -0.0501. The normalized spacial score (nSPS) is 19.4. The lowest BCUT2D eigenvalue weighted by molar-refractivity contribution is 0.597. The van der Waals surface area contributed by atoms with Crippen LogP contribution in [0.15, 0.2) is 53.4 Å². The molecule has 0 amide bonds. The van der Waals surface area contributed by atoms with Gasteiger partial charge < -0.3 is 10.2 Å². The molecule has 0 aliphatic carbocycles. The van der Waals surface area contributed by atoms with Gasteiger partial charge in [0.05, 0.1) is 17.3 Å². The molecule has 0 radical (unpaired) electrons. The molecule has 0 aliphatic heterocycles. The van der Waals surface area contributed by atoms with Gasteiger partial charge in [0.2, 0.25) is 16.0 Å². The van der Waals surface area contributed by atoms with Gasteiger partial charge in [-0.05, 0) is 55.7 Å². The van der Waals surface area contributed by atoms with Gasteiger partial charge in [-0.3, -0.25) is 4.68 Å². The zero-order valence-electron chi connectivity index (χ0n) is 29.8. The maximum Gasteiger partial charge on any atom is 0.238 e. The molecule has 9 nitrogen and oxygen atoms in total. The number of aryl methyl sites for hydroxylation is 2. The maximum absolute atomic E-state index is 12.3. The molecule has 31 heavy (non-hydrogen) atoms. The Bertz CT molecular complexity index is 1950. The van der Waals surface area contributed by atoms with E-state index in [1.54, 1.807) is 0 Å². The van der Waals surface area contributed by atoms with Crippen LogP contribution < -0.4 is 15.4 Å². The van der Waals surface area contributed by atoms with Crippen molar-refractivity contribution < 1.29 is 27.6 Å². The number of nitrogens with two attached hydrogens (primary N) is 1. The van der Waals surface area contributed by atoms with Gasteiger partial charge in [0.15, 0.2) is 0 Å². The average molecular weight is 452 g/mol. The van der Waals surface area contributed by atoms with E-state index in [2.05, 4.69) is 20.4 Å². The Morgan fingerprint density at radius 1 is 1.29 bits per heavy atom. The van der Waals surface area contributed by atoms with Gasteiger partial charge in [0.1, 0.15) is 5.82 Å². The predicted molar refractivity (Wildman–Crippen MR) is 121 cm³/mol. The summed E-state index contributed by atoms with van der Waals surface area (Å²) in [4.78, 5) is 6.99. The molecule has 0 aliphatic rings. The number of sulfonamides is 1. The first-order valence-corrected chi connectivity index (χ1v) is 9.99. The molecule has 4 aromatic rings. The van der Waals surface area contributed by atoms with Crippen molar-refractivity contribution in [2.75, 3.05) is 17.2 Å². The minimum absolute atomic E-state index is 0.0888. The third kappa shape index (κ3) is 4.07. The van der Waals surface area contributed by atoms with E-state index in [1.807, 2.05) is 0 Å². The highest BCUT2D eigenvalue weighted by Crippen LogP contribution is 2.28. The number of fused-ring (bicyclic) bond motifs is 1. The number of hydrogen-bond donors (Lipinski definition) is 2. The summed E-state index contributed by atoms with van der Waals surface area (Å²) in [6.07, 6.45) is -0.852. The summed E-state index contributed by atoms with van der Waals surface area (Å²) in [5.74, 6) is -1.41. The van der Waals surface area contributed by atoms with Crippen molar-refractivity contribution in [1.29, 1.82) is 0 Å². The number of aromatic nitrogens is 4. The molecule has 0 saturated heterocycles. The molecule has 0 unspecified atom stereocenters. The van der Waals surface area contributed by atoms with Gasteiger partial charge in [-0.2, -0.15) is 10.1 Å². The minimum atomic E-state index is -4.95. The summed E-state index contributed by atoms with van der Waals surface area (Å²) < 4.78 is 137. The van der Waals surface area contributed by atoms with Crippen LogP contribution in [0.25, 0.3) is 10.9 Å². The first-order chi connectivity index (χ1) is 20.4. The lowest BCUT2D eigenvalue weighted by Gasteiger charge is -2.19. The Hall–Kier alpha value is -3.50. The molecule has 160 valence electrons. The van der Waals surface area contributed by atoms with Gasteiger partial charge in [0, 0.05) is 54.9 Å². The van der Waals surface area contributed by atoms with Crippen LogP contribution in [-0.2, 0) is 17.0 Å². The fourth-order valence-electron chi connectivity index (χ4n) is 2.69. The molecule has 2 aromatic heterocycles. The monoisotopic (exact) mass is 451 g/mol. The first-order valence-electron chi connectivity index (χ1n) is 15.4. The zero-order valence-corrected chi connectivity index (χ0v) is 16.6. The van der Waals surface area contributed by atoms with Crippen LogP contribution in [0, 0.1) is 13.8 Å². The van der Waals surface area contributed by atoms with E-state index >= 15 is 0 Å². The van der Waals surface area contributed by atoms with Crippen molar-refractivity contribution in [3.05, 3.63) is 59.8 Å². The Morgan fingerprint density at radius 3 is 2.90 bits per heavy atom. The smallest absolute Gasteiger partial charge is 0.238 e. The van der Waals surface area contributed by atoms with Crippen molar-refractivity contribution >= 4 is 44.1 Å². The van der Waals surface area contributed by atoms with E-state index in [-0.39, 0.29) is 16.9 Å². The number of primary sulfonamides is 1. The molecular weight excluding hydrogens is 414 g/mol. The van der Waals surface area contributed by atoms with Crippen LogP contribution >= 0.6 is 0 Å². The van der Waals surface area contributed by atoms with E-state index in [1.165, 1.54) is 25.1 Å². The standard InChI is InChI=1S/C21H23N7O2S/c1-13-5-6-15(11-19(13)31(22,29)30)24-21-23-10-9-20(25-21)27(3)16-7-8-17-14(2)28(4)26-18(17)12-16/h5-12H,1-4H3,(H2,22,29,30)(H,23,24,25)/i1D3,3D3,4D3,5D,6D,9D,10D,11D. The fourth-order valence-corrected chi connectivity index (χ4v) is 3.27. The highest BCUT2D eigenvalue weighted by Gasteiger charge is 2.14. The third-order valence-corrected chi connectivity index (χ3v) is 5.08. The maximum atomic E-state index is 12.3. The Labute approximate surface area is 200 Å². The van der Waals surface area contributed by atoms with Crippen molar-refractivity contribution in [2.24, 2.45) is 12.1 Å². The van der Waals surface area contributed by atoms with Crippen LogP contribution in [-0.4, -0.2) is 35.1 Å². The van der Waals surface area contributed by atoms with Crippen LogP contribution in [0.1, 0.15) is 30.4 Å². The lowest BCUT2D eigenvalue weighted by Crippen LogP contribution is -2.14. The van der Waals surface area contributed by atoms with Crippen molar-refractivity contribution in [2.45, 2.75) is 18.7 Å². The number of benzene rings is 2. The molecule has 10 heteroatoms. The molecule has 0 saturated carbocycles. The number of nitrogens with zero attached hydrogens (tertiary/aromatic N) is 5. The molecule has 2 heterocycles. The van der Waals surface area contributed by atoms with Crippen molar-refractivity contribution in [1.82, 2.24) is 19.7 Å². The van der Waals surface area contributed by atoms with Crippen LogP contribution in [0.5, 0.6) is 0 Å². The summed E-state index contributed by atoms with van der Waals surface area (Å²) >= 11 is 0. The summed E-state index contributed by atoms with van der Waals surface area (Å²) in [7, 11) is -4.95. The molecule has 4 rings (SSSR count). The lowest BCUT2D eigenvalue weighted by atomic mass is 10.2. The topological polar surface area (TPSA) is 119 Å². The second-order valence-electron chi connectivity index (χ2n) is 6.27. The Morgan fingerprint density at radius 2 is 2.16 bits per heavy atom. The zero-order chi connectivity index (χ0) is 34.2. The molecule has 0 bridgehead atoms. The van der Waals surface area contributed by atoms with Gasteiger partial charge >= 0.3 is 0 Å². The van der Waals surface area contributed by atoms with E-state index in [0.29, 0.717) is 10.3 Å². The molecule has 0 fully saturated rings. The van der Waals surface area contributed by atoms with Crippen LogP contribution in [0.2, 0.25) is 0 Å². The van der Waals surface area contributed by atoms with Gasteiger partial charge in [-0.15, -0.1) is 0 Å². The van der Waals surface area contributed by atoms with E-state index in [0.717, 1.165) is 4.68 Å².